The Labute approximate surface area is 164 Å². The Kier molecular flexibility index (Phi) is 4.15. The van der Waals surface area contributed by atoms with E-state index in [0.717, 1.165) is 36.2 Å². The number of carbonyl (C=O) groups excluding carboxylic acids is 1. The van der Waals surface area contributed by atoms with Crippen LogP contribution in [0.4, 0.5) is 0 Å². The lowest BCUT2D eigenvalue weighted by Crippen LogP contribution is -2.52. The predicted octanol–water partition coefficient (Wildman–Crippen LogP) is 6.68. The van der Waals surface area contributed by atoms with Crippen LogP contribution in [-0.2, 0) is 4.79 Å². The Hall–Kier alpha value is -1.37. The van der Waals surface area contributed by atoms with Crippen LogP contribution in [0, 0.1) is 34.5 Å². The van der Waals surface area contributed by atoms with Crippen LogP contribution in [0.1, 0.15) is 77.2 Å². The maximum atomic E-state index is 13.4. The van der Waals surface area contributed by atoms with Crippen LogP contribution < -0.4 is 0 Å². The van der Waals surface area contributed by atoms with Crippen LogP contribution >= 0.6 is 0 Å². The molecular formula is C26H34O. The third kappa shape index (κ3) is 2.60. The number of allylic oxidation sites excluding steroid dienone is 1. The molecule has 0 radical (unpaired) electrons. The first-order valence-corrected chi connectivity index (χ1v) is 11.3. The molecular weight excluding hydrogens is 328 g/mol. The molecule has 4 saturated carbocycles. The van der Waals surface area contributed by atoms with Gasteiger partial charge in [-0.1, -0.05) is 57.0 Å². The molecule has 1 aromatic carbocycles. The van der Waals surface area contributed by atoms with E-state index in [1.54, 1.807) is 0 Å². The summed E-state index contributed by atoms with van der Waals surface area (Å²) in [4.78, 5) is 13.4. The smallest absolute Gasteiger partial charge is 0.165 e. The van der Waals surface area contributed by atoms with Crippen molar-refractivity contribution in [1.29, 1.82) is 0 Å². The van der Waals surface area contributed by atoms with Crippen molar-refractivity contribution in [2.45, 2.75) is 71.6 Å². The van der Waals surface area contributed by atoms with Crippen molar-refractivity contribution in [3.63, 3.8) is 0 Å². The van der Waals surface area contributed by atoms with E-state index in [1.165, 1.54) is 50.5 Å². The van der Waals surface area contributed by atoms with E-state index in [-0.39, 0.29) is 5.41 Å². The zero-order valence-corrected chi connectivity index (χ0v) is 17.0. The van der Waals surface area contributed by atoms with Crippen LogP contribution in [0.25, 0.3) is 6.08 Å². The first-order chi connectivity index (χ1) is 13.0. The summed E-state index contributed by atoms with van der Waals surface area (Å²) in [5.41, 5.74) is 2.74. The molecule has 4 fully saturated rings. The van der Waals surface area contributed by atoms with Crippen molar-refractivity contribution >= 4 is 11.9 Å². The molecule has 4 aliphatic rings. The van der Waals surface area contributed by atoms with Crippen molar-refractivity contribution < 1.29 is 4.79 Å². The maximum absolute atomic E-state index is 13.4. The Balaban J connectivity index is 1.47. The summed E-state index contributed by atoms with van der Waals surface area (Å²) in [5.74, 6) is 3.63. The fraction of sp³-hybridized carbons (Fsp3) is 0.654. The molecule has 1 aromatic rings. The zero-order chi connectivity index (χ0) is 18.6. The normalized spacial score (nSPS) is 45.3. The van der Waals surface area contributed by atoms with Crippen molar-refractivity contribution in [2.24, 2.45) is 34.5 Å². The van der Waals surface area contributed by atoms with E-state index >= 15 is 0 Å². The van der Waals surface area contributed by atoms with E-state index < -0.39 is 0 Å². The highest BCUT2D eigenvalue weighted by atomic mass is 16.1. The highest BCUT2D eigenvalue weighted by molar-refractivity contribution is 6.05. The lowest BCUT2D eigenvalue weighted by molar-refractivity contribution is -0.137. The van der Waals surface area contributed by atoms with Crippen molar-refractivity contribution in [1.82, 2.24) is 0 Å². The topological polar surface area (TPSA) is 17.1 Å². The van der Waals surface area contributed by atoms with Gasteiger partial charge in [0, 0.05) is 5.41 Å². The SMILES string of the molecule is C[C@]12CCCC[C@H]1CC[C@H]1[C@H]2CC[C@@]2(C)C(=O)C(=Cc3ccccc3)C[C@H]12. The number of Topliss-reactive ketones (excluding diaryl/α,β-unsaturated/α-hetero) is 1. The standard InChI is InChI=1S/C26H34O/c1-25-14-7-6-10-20(25)11-12-21-22(25)13-15-26(2)23(21)17-19(24(26)27)16-18-8-4-3-5-9-18/h3-5,8-9,16,20-23H,6-7,10-15,17H2,1-2H3/t20-,21-,22+,23+,25-,26+/m0/s1. The molecule has 0 saturated heterocycles. The molecule has 5 rings (SSSR count). The van der Waals surface area contributed by atoms with Gasteiger partial charge in [-0.3, -0.25) is 4.79 Å². The largest absolute Gasteiger partial charge is 0.294 e. The molecule has 4 aliphatic carbocycles. The second-order valence-electron chi connectivity index (χ2n) is 10.5. The molecule has 0 spiro atoms. The van der Waals surface area contributed by atoms with Crippen LogP contribution in [0.3, 0.4) is 0 Å². The molecule has 1 heteroatoms. The molecule has 144 valence electrons. The Morgan fingerprint density at radius 2 is 1.74 bits per heavy atom. The number of hydrogen-bond acceptors (Lipinski definition) is 1. The molecule has 0 heterocycles. The van der Waals surface area contributed by atoms with Gasteiger partial charge in [0.25, 0.3) is 0 Å². The molecule has 0 aliphatic heterocycles. The summed E-state index contributed by atoms with van der Waals surface area (Å²) in [6, 6.07) is 10.4. The minimum absolute atomic E-state index is 0.0976. The number of hydrogen-bond donors (Lipinski definition) is 0. The summed E-state index contributed by atoms with van der Waals surface area (Å²) in [7, 11) is 0. The van der Waals surface area contributed by atoms with Crippen molar-refractivity contribution in [3.8, 4) is 0 Å². The third-order valence-corrected chi connectivity index (χ3v) is 9.36. The molecule has 1 nitrogen and oxygen atoms in total. The summed E-state index contributed by atoms with van der Waals surface area (Å²) in [5, 5.41) is 0. The molecule has 27 heavy (non-hydrogen) atoms. The number of ketones is 1. The van der Waals surface area contributed by atoms with Gasteiger partial charge >= 0.3 is 0 Å². The van der Waals surface area contributed by atoms with Gasteiger partial charge in [-0.25, -0.2) is 0 Å². The first-order valence-electron chi connectivity index (χ1n) is 11.3. The lowest BCUT2D eigenvalue weighted by atomic mass is 9.45. The van der Waals surface area contributed by atoms with Crippen LogP contribution in [-0.4, -0.2) is 5.78 Å². The minimum atomic E-state index is -0.0976. The maximum Gasteiger partial charge on any atom is 0.165 e. The highest BCUT2D eigenvalue weighted by Gasteiger charge is 2.60. The van der Waals surface area contributed by atoms with Crippen LogP contribution in [0.2, 0.25) is 0 Å². The van der Waals surface area contributed by atoms with E-state index in [4.69, 9.17) is 0 Å². The molecule has 0 aromatic heterocycles. The van der Waals surface area contributed by atoms with E-state index in [0.29, 0.717) is 17.1 Å². The molecule has 6 atom stereocenters. The summed E-state index contributed by atoms with van der Waals surface area (Å²) < 4.78 is 0. The quantitative estimate of drug-likeness (QED) is 0.509. The summed E-state index contributed by atoms with van der Waals surface area (Å²) in [6.45, 7) is 4.92. The molecule has 0 unspecified atom stereocenters. The first kappa shape index (κ1) is 17.7. The van der Waals surface area contributed by atoms with Crippen LogP contribution in [0.5, 0.6) is 0 Å². The van der Waals surface area contributed by atoms with E-state index in [1.807, 2.05) is 6.07 Å². The fourth-order valence-corrected chi connectivity index (χ4v) is 7.85. The summed E-state index contributed by atoms with van der Waals surface area (Å²) in [6.07, 6.45) is 14.2. The summed E-state index contributed by atoms with van der Waals surface area (Å²) >= 11 is 0. The Morgan fingerprint density at radius 1 is 0.926 bits per heavy atom. The van der Waals surface area contributed by atoms with E-state index in [2.05, 4.69) is 44.2 Å². The predicted molar refractivity (Wildman–Crippen MR) is 111 cm³/mol. The second-order valence-corrected chi connectivity index (χ2v) is 10.5. The van der Waals surface area contributed by atoms with Gasteiger partial charge in [-0.2, -0.15) is 0 Å². The monoisotopic (exact) mass is 362 g/mol. The fourth-order valence-electron chi connectivity index (χ4n) is 7.85. The highest BCUT2D eigenvalue weighted by Crippen LogP contribution is 2.66. The van der Waals surface area contributed by atoms with E-state index in [9.17, 15) is 4.79 Å². The van der Waals surface area contributed by atoms with Crippen LogP contribution in [0.15, 0.2) is 35.9 Å². The molecule has 0 bridgehead atoms. The van der Waals surface area contributed by atoms with Gasteiger partial charge in [0.05, 0.1) is 0 Å². The number of rotatable bonds is 1. The molecule has 0 amide bonds. The van der Waals surface area contributed by atoms with Crippen molar-refractivity contribution in [2.75, 3.05) is 0 Å². The van der Waals surface area contributed by atoms with Gasteiger partial charge in [0.15, 0.2) is 5.78 Å². The second kappa shape index (κ2) is 6.33. The minimum Gasteiger partial charge on any atom is -0.294 e. The van der Waals surface area contributed by atoms with Gasteiger partial charge in [-0.05, 0) is 91.2 Å². The Bertz CT molecular complexity index is 762. The van der Waals surface area contributed by atoms with Gasteiger partial charge in [0.1, 0.15) is 0 Å². The number of carbonyl (C=O) groups is 1. The molecule has 0 N–H and O–H groups in total. The third-order valence-electron chi connectivity index (χ3n) is 9.36. The zero-order valence-electron chi connectivity index (χ0n) is 17.0. The van der Waals surface area contributed by atoms with Gasteiger partial charge in [0.2, 0.25) is 0 Å². The average molecular weight is 363 g/mol. The Morgan fingerprint density at radius 3 is 2.56 bits per heavy atom. The number of benzene rings is 1. The lowest BCUT2D eigenvalue weighted by Gasteiger charge is -2.59. The van der Waals surface area contributed by atoms with Crippen molar-refractivity contribution in [3.05, 3.63) is 41.5 Å². The van der Waals surface area contributed by atoms with Gasteiger partial charge < -0.3 is 0 Å². The van der Waals surface area contributed by atoms with Gasteiger partial charge in [-0.15, -0.1) is 0 Å². The number of fused-ring (bicyclic) bond motifs is 5. The average Bonchev–Trinajstić information content (AvgIpc) is 2.93.